The van der Waals surface area contributed by atoms with Gasteiger partial charge in [-0.1, -0.05) is 41.4 Å². The van der Waals surface area contributed by atoms with Crippen molar-refractivity contribution in [3.8, 4) is 11.5 Å². The van der Waals surface area contributed by atoms with Gasteiger partial charge in [0.25, 0.3) is 10.0 Å². The number of benzene rings is 3. The number of halogens is 4. The summed E-state index contributed by atoms with van der Waals surface area (Å²) in [6, 6.07) is 15.4. The number of carbonyl (C=O) groups is 1. The number of alkyl halides is 3. The first-order chi connectivity index (χ1) is 17.4. The van der Waals surface area contributed by atoms with Gasteiger partial charge in [0.05, 0.1) is 27.7 Å². The molecule has 0 aromatic heterocycles. The van der Waals surface area contributed by atoms with Crippen LogP contribution in [0.15, 0.2) is 71.6 Å². The summed E-state index contributed by atoms with van der Waals surface area (Å²) >= 11 is 5.72. The molecule has 0 unspecified atom stereocenters. The fourth-order valence-corrected chi connectivity index (χ4v) is 5.25. The van der Waals surface area contributed by atoms with Crippen molar-refractivity contribution < 1.29 is 35.9 Å². The lowest BCUT2D eigenvalue weighted by Gasteiger charge is -2.28. The van der Waals surface area contributed by atoms with E-state index in [4.69, 9.17) is 21.1 Å². The van der Waals surface area contributed by atoms with Crippen molar-refractivity contribution in [1.82, 2.24) is 5.32 Å². The first kappa shape index (κ1) is 26.6. The average molecular weight is 555 g/mol. The number of nitrogens with one attached hydrogen (secondary N) is 1. The summed E-state index contributed by atoms with van der Waals surface area (Å²) in [4.78, 5) is 12.6. The molecule has 0 bridgehead atoms. The molecule has 1 heterocycles. The molecule has 3 aromatic rings. The summed E-state index contributed by atoms with van der Waals surface area (Å²) < 4.78 is 79.4. The molecular formula is C25H22ClF3N2O5S. The minimum atomic E-state index is -4.83. The van der Waals surface area contributed by atoms with E-state index in [0.29, 0.717) is 21.9 Å². The Hall–Kier alpha value is -3.44. The van der Waals surface area contributed by atoms with Gasteiger partial charge in [-0.05, 0) is 49.4 Å². The van der Waals surface area contributed by atoms with Gasteiger partial charge in [-0.2, -0.15) is 13.2 Å². The van der Waals surface area contributed by atoms with Crippen LogP contribution in [0.25, 0.3) is 0 Å². The number of rotatable bonds is 7. The van der Waals surface area contributed by atoms with Gasteiger partial charge in [0.2, 0.25) is 5.91 Å². The van der Waals surface area contributed by atoms with Crippen molar-refractivity contribution in [1.29, 1.82) is 0 Å². The Morgan fingerprint density at radius 3 is 2.43 bits per heavy atom. The third-order valence-corrected chi connectivity index (χ3v) is 7.65. The molecule has 0 radical (unpaired) electrons. The van der Waals surface area contributed by atoms with Gasteiger partial charge in [0.15, 0.2) is 11.5 Å². The van der Waals surface area contributed by atoms with Crippen LogP contribution < -0.4 is 19.1 Å². The maximum atomic E-state index is 13.5. The quantitative estimate of drug-likeness (QED) is 0.453. The summed E-state index contributed by atoms with van der Waals surface area (Å²) in [7, 11) is -4.42. The van der Waals surface area contributed by atoms with Crippen LogP contribution in [0, 0.1) is 6.92 Å². The molecule has 3 aromatic carbocycles. The molecule has 0 aliphatic carbocycles. The molecule has 7 nitrogen and oxygen atoms in total. The van der Waals surface area contributed by atoms with Crippen molar-refractivity contribution in [2.24, 2.45) is 0 Å². The van der Waals surface area contributed by atoms with Crippen molar-refractivity contribution >= 4 is 33.2 Å². The number of hydrogen-bond donors (Lipinski definition) is 1. The Kier molecular flexibility index (Phi) is 7.56. The van der Waals surface area contributed by atoms with Gasteiger partial charge in [-0.15, -0.1) is 0 Å². The highest BCUT2D eigenvalue weighted by atomic mass is 35.5. The number of fused-ring (bicyclic) bond motifs is 1. The predicted octanol–water partition coefficient (Wildman–Crippen LogP) is 4.82. The van der Waals surface area contributed by atoms with Gasteiger partial charge in [0.1, 0.15) is 19.3 Å². The Morgan fingerprint density at radius 1 is 1.08 bits per heavy atom. The summed E-state index contributed by atoms with van der Waals surface area (Å²) in [5, 5.41) is 1.98. The monoisotopic (exact) mass is 554 g/mol. The van der Waals surface area contributed by atoms with E-state index in [-0.39, 0.29) is 23.7 Å². The van der Waals surface area contributed by atoms with E-state index < -0.39 is 45.3 Å². The fraction of sp³-hybridized carbons (Fsp3) is 0.240. The summed E-state index contributed by atoms with van der Waals surface area (Å²) in [6.45, 7) is 1.11. The molecule has 1 aliphatic heterocycles. The number of aryl methyl sites for hydroxylation is 1. The Balaban J connectivity index is 1.58. The largest absolute Gasteiger partial charge is 0.486 e. The number of anilines is 1. The highest BCUT2D eigenvalue weighted by molar-refractivity contribution is 7.92. The van der Waals surface area contributed by atoms with Crippen LogP contribution in [0.1, 0.15) is 11.1 Å². The Labute approximate surface area is 216 Å². The molecule has 0 fully saturated rings. The van der Waals surface area contributed by atoms with E-state index in [9.17, 15) is 26.4 Å². The molecule has 0 saturated carbocycles. The topological polar surface area (TPSA) is 84.9 Å². The number of hydrogen-bond acceptors (Lipinski definition) is 5. The van der Waals surface area contributed by atoms with E-state index in [1.54, 1.807) is 43.3 Å². The first-order valence-electron chi connectivity index (χ1n) is 11.1. The summed E-state index contributed by atoms with van der Waals surface area (Å²) in [5.41, 5.74) is -0.799. The van der Waals surface area contributed by atoms with Gasteiger partial charge in [-0.25, -0.2) is 8.42 Å². The lowest BCUT2D eigenvalue weighted by Crippen LogP contribution is -2.45. The second-order valence-electron chi connectivity index (χ2n) is 8.29. The van der Waals surface area contributed by atoms with Gasteiger partial charge in [0, 0.05) is 0 Å². The number of carbonyl (C=O) groups excluding carboxylic acids is 1. The van der Waals surface area contributed by atoms with Crippen LogP contribution in [-0.4, -0.2) is 40.1 Å². The number of sulfonamides is 1. The zero-order valence-electron chi connectivity index (χ0n) is 19.5. The second-order valence-corrected chi connectivity index (χ2v) is 10.6. The van der Waals surface area contributed by atoms with Crippen molar-refractivity contribution in [3.05, 3.63) is 82.9 Å². The van der Waals surface area contributed by atoms with Crippen LogP contribution in [0.4, 0.5) is 18.9 Å². The molecule has 196 valence electrons. The highest BCUT2D eigenvalue weighted by Crippen LogP contribution is 2.38. The summed E-state index contributed by atoms with van der Waals surface area (Å²) in [5.74, 6) is 0.308. The Bertz CT molecular complexity index is 1400. The van der Waals surface area contributed by atoms with E-state index in [2.05, 4.69) is 5.32 Å². The van der Waals surface area contributed by atoms with Gasteiger partial charge in [-0.3, -0.25) is 9.10 Å². The number of ether oxygens (including phenoxy) is 2. The third-order valence-electron chi connectivity index (χ3n) is 5.53. The van der Waals surface area contributed by atoms with Gasteiger partial charge < -0.3 is 14.8 Å². The lowest BCUT2D eigenvalue weighted by molar-refractivity contribution is -0.137. The smallest absolute Gasteiger partial charge is 0.417 e. The molecule has 0 spiro atoms. The van der Waals surface area contributed by atoms with Gasteiger partial charge >= 0.3 is 6.18 Å². The van der Waals surface area contributed by atoms with Crippen molar-refractivity contribution in [2.45, 2.75) is 24.1 Å². The maximum Gasteiger partial charge on any atom is 0.417 e. The number of amides is 1. The minimum Gasteiger partial charge on any atom is -0.486 e. The minimum absolute atomic E-state index is 0.0139. The fourth-order valence-electron chi connectivity index (χ4n) is 3.62. The normalized spacial score (nSPS) is 15.2. The Morgan fingerprint density at radius 2 is 1.76 bits per heavy atom. The van der Waals surface area contributed by atoms with Crippen LogP contribution in [-0.2, 0) is 21.0 Å². The highest BCUT2D eigenvalue weighted by Gasteiger charge is 2.35. The molecule has 1 aliphatic rings. The average Bonchev–Trinajstić information content (AvgIpc) is 2.86. The lowest BCUT2D eigenvalue weighted by atomic mass is 10.2. The summed E-state index contributed by atoms with van der Waals surface area (Å²) in [6.07, 6.45) is -5.38. The first-order valence-corrected chi connectivity index (χ1v) is 12.9. The van der Waals surface area contributed by atoms with Crippen LogP contribution in [0.5, 0.6) is 11.5 Å². The number of para-hydroxylation sites is 2. The van der Waals surface area contributed by atoms with Crippen LogP contribution in [0.2, 0.25) is 5.02 Å². The predicted molar refractivity (Wildman–Crippen MR) is 132 cm³/mol. The third kappa shape index (κ3) is 6.11. The van der Waals surface area contributed by atoms with E-state index >= 15 is 0 Å². The second kappa shape index (κ2) is 10.5. The van der Waals surface area contributed by atoms with Crippen LogP contribution >= 0.6 is 11.6 Å². The molecule has 12 heteroatoms. The zero-order chi connectivity index (χ0) is 26.8. The zero-order valence-corrected chi connectivity index (χ0v) is 21.0. The molecule has 4 rings (SSSR count). The maximum absolute atomic E-state index is 13.5. The SMILES string of the molecule is Cc1ccc(S(=O)(=O)N(CC(=O)NC[C@H]2COc3ccccc3O2)c2ccc(Cl)c(C(F)(F)F)c2)cc1. The van der Waals surface area contributed by atoms with E-state index in [1.807, 2.05) is 0 Å². The van der Waals surface area contributed by atoms with Crippen molar-refractivity contribution in [3.63, 3.8) is 0 Å². The molecule has 0 saturated heterocycles. The standard InChI is InChI=1S/C25H22ClF3N2O5S/c1-16-6-9-19(10-7-16)37(33,34)31(17-8-11-21(26)20(12-17)25(27,28)29)14-24(32)30-13-18-15-35-22-4-2-3-5-23(22)36-18/h2-12,18H,13-15H2,1H3,(H,30,32)/t18-/m0/s1. The van der Waals surface area contributed by atoms with Crippen molar-refractivity contribution in [2.75, 3.05) is 24.0 Å². The number of nitrogens with zero attached hydrogens (tertiary/aromatic N) is 1. The molecule has 1 amide bonds. The molecule has 37 heavy (non-hydrogen) atoms. The van der Waals surface area contributed by atoms with Crippen LogP contribution in [0.3, 0.4) is 0 Å². The molecule has 1 atom stereocenters. The van der Waals surface area contributed by atoms with E-state index in [1.165, 1.54) is 12.1 Å². The van der Waals surface area contributed by atoms with E-state index in [0.717, 1.165) is 17.7 Å². The molecule has 1 N–H and O–H groups in total. The molecular weight excluding hydrogens is 533 g/mol.